The molecule has 29 valence electrons. The fraction of sp³-hybridized carbons (Fsp3) is 0.750. The molecule has 0 spiro atoms. The van der Waals surface area contributed by atoms with Crippen LogP contribution in [0.5, 0.6) is 0 Å². The Bertz CT molecular complexity index is 24.8. The zero-order chi connectivity index (χ0) is 4.12. The van der Waals surface area contributed by atoms with Crippen molar-refractivity contribution in [1.82, 2.24) is 0 Å². The summed E-state index contributed by atoms with van der Waals surface area (Å²) >= 11 is 0. The van der Waals surface area contributed by atoms with Gasteiger partial charge in [-0.25, -0.2) is 0 Å². The van der Waals surface area contributed by atoms with Crippen LogP contribution < -0.4 is 0 Å². The van der Waals surface area contributed by atoms with Gasteiger partial charge >= 0.3 is 0 Å². The van der Waals surface area contributed by atoms with E-state index in [2.05, 4.69) is 6.21 Å². The van der Waals surface area contributed by atoms with Gasteiger partial charge in [-0.2, -0.15) is 0 Å². The summed E-state index contributed by atoms with van der Waals surface area (Å²) in [5.41, 5.74) is 0. The molecule has 0 atom stereocenters. The van der Waals surface area contributed by atoms with Crippen LogP contribution in [0.15, 0.2) is 0 Å². The Morgan fingerprint density at radius 2 is 2.40 bits per heavy atom. The zero-order valence-electron chi connectivity index (χ0n) is 3.41. The SMILES string of the molecule is CCC[C]=N. The van der Waals surface area contributed by atoms with Gasteiger partial charge in [-0.3, -0.25) is 0 Å². The molecule has 0 amide bonds. The first-order chi connectivity index (χ1) is 2.41. The predicted molar refractivity (Wildman–Crippen MR) is 22.6 cm³/mol. The normalized spacial score (nSPS) is 7.40. The molecule has 0 rings (SSSR count). The van der Waals surface area contributed by atoms with E-state index >= 15 is 0 Å². The van der Waals surface area contributed by atoms with Crippen molar-refractivity contribution >= 4 is 6.21 Å². The molecule has 1 N–H and O–H groups in total. The number of hydrogen-bond acceptors (Lipinski definition) is 1. The summed E-state index contributed by atoms with van der Waals surface area (Å²) in [6, 6.07) is 0. The van der Waals surface area contributed by atoms with Crippen molar-refractivity contribution in [1.29, 1.82) is 5.41 Å². The summed E-state index contributed by atoms with van der Waals surface area (Å²) in [5, 5.41) is 6.35. The second-order valence-electron chi connectivity index (χ2n) is 0.927. The molecule has 0 saturated heterocycles. The van der Waals surface area contributed by atoms with E-state index in [1.54, 1.807) is 0 Å². The molecule has 0 heterocycles. The largest absolute Gasteiger partial charge is 0.303 e. The quantitative estimate of drug-likeness (QED) is 0.474. The van der Waals surface area contributed by atoms with E-state index in [-0.39, 0.29) is 0 Å². The topological polar surface area (TPSA) is 23.9 Å². The van der Waals surface area contributed by atoms with E-state index in [4.69, 9.17) is 5.41 Å². The zero-order valence-corrected chi connectivity index (χ0v) is 3.41. The van der Waals surface area contributed by atoms with Crippen LogP contribution in [0.25, 0.3) is 0 Å². The van der Waals surface area contributed by atoms with Gasteiger partial charge in [0.1, 0.15) is 0 Å². The first-order valence-corrected chi connectivity index (χ1v) is 1.81. The van der Waals surface area contributed by atoms with Crippen molar-refractivity contribution < 1.29 is 0 Å². The highest BCUT2D eigenvalue weighted by Crippen LogP contribution is 1.75. The van der Waals surface area contributed by atoms with Gasteiger partial charge in [-0.15, -0.1) is 0 Å². The van der Waals surface area contributed by atoms with Gasteiger partial charge in [0.2, 0.25) is 0 Å². The predicted octanol–water partition coefficient (Wildman–Crippen LogP) is 1.31. The van der Waals surface area contributed by atoms with Gasteiger partial charge in [0.25, 0.3) is 0 Å². The molecule has 1 heteroatoms. The average molecular weight is 70.1 g/mol. The van der Waals surface area contributed by atoms with Crippen LogP contribution in [-0.2, 0) is 0 Å². The third-order valence-corrected chi connectivity index (χ3v) is 0.375. The number of unbranched alkanes of at least 4 members (excludes halogenated alkanes) is 1. The lowest BCUT2D eigenvalue weighted by molar-refractivity contribution is 1.00. The Morgan fingerprint density at radius 1 is 1.80 bits per heavy atom. The maximum atomic E-state index is 6.35. The summed E-state index contributed by atoms with van der Waals surface area (Å²) < 4.78 is 0. The Hall–Kier alpha value is -0.330. The summed E-state index contributed by atoms with van der Waals surface area (Å²) in [6.07, 6.45) is 4.12. The minimum absolute atomic E-state index is 0.806. The van der Waals surface area contributed by atoms with E-state index in [1.165, 1.54) is 0 Å². The smallest absolute Gasteiger partial charge is 0.0521 e. The minimum atomic E-state index is 0.806. The molecule has 1 radical (unpaired) electrons. The van der Waals surface area contributed by atoms with Crippen LogP contribution in [0.1, 0.15) is 19.8 Å². The van der Waals surface area contributed by atoms with Gasteiger partial charge in [0, 0.05) is 0 Å². The highest BCUT2D eigenvalue weighted by Gasteiger charge is 1.64. The Balaban J connectivity index is 2.40. The molecule has 0 aliphatic heterocycles. The lowest BCUT2D eigenvalue weighted by atomic mass is 10.4. The van der Waals surface area contributed by atoms with Crippen LogP contribution in [-0.4, -0.2) is 6.21 Å². The highest BCUT2D eigenvalue weighted by molar-refractivity contribution is 5.52. The molecule has 0 aliphatic carbocycles. The second-order valence-corrected chi connectivity index (χ2v) is 0.927. The molecule has 0 bridgehead atoms. The molecule has 0 aromatic carbocycles. The molecule has 0 saturated carbocycles. The Morgan fingerprint density at radius 3 is 2.40 bits per heavy atom. The third-order valence-electron chi connectivity index (χ3n) is 0.375. The van der Waals surface area contributed by atoms with Crippen LogP contribution in [0.2, 0.25) is 0 Å². The summed E-state index contributed by atoms with van der Waals surface area (Å²) in [5.74, 6) is 0. The minimum Gasteiger partial charge on any atom is -0.303 e. The molecule has 0 aromatic rings. The Kier molecular flexibility index (Phi) is 3.43. The molecule has 0 fully saturated rings. The lowest BCUT2D eigenvalue weighted by Gasteiger charge is -1.70. The van der Waals surface area contributed by atoms with E-state index in [0.717, 1.165) is 12.8 Å². The monoisotopic (exact) mass is 70.1 g/mol. The van der Waals surface area contributed by atoms with E-state index in [0.29, 0.717) is 0 Å². The number of nitrogens with one attached hydrogen (secondary N) is 1. The van der Waals surface area contributed by atoms with Gasteiger partial charge in [0.05, 0.1) is 6.21 Å². The van der Waals surface area contributed by atoms with E-state index < -0.39 is 0 Å². The molecular formula is C4H8N. The number of rotatable bonds is 2. The fourth-order valence-electron chi connectivity index (χ4n) is 0.125. The molecule has 0 unspecified atom stereocenters. The van der Waals surface area contributed by atoms with Crippen LogP contribution in [0, 0.1) is 5.41 Å². The van der Waals surface area contributed by atoms with Gasteiger partial charge in [0.15, 0.2) is 0 Å². The van der Waals surface area contributed by atoms with Crippen LogP contribution >= 0.6 is 0 Å². The summed E-state index contributed by atoms with van der Waals surface area (Å²) in [4.78, 5) is 0. The third kappa shape index (κ3) is 3.67. The van der Waals surface area contributed by atoms with Crippen molar-refractivity contribution in [2.45, 2.75) is 19.8 Å². The summed E-state index contributed by atoms with van der Waals surface area (Å²) in [7, 11) is 0. The fourth-order valence-corrected chi connectivity index (χ4v) is 0.125. The van der Waals surface area contributed by atoms with Gasteiger partial charge in [-0.05, 0) is 6.42 Å². The molecule has 0 aliphatic rings. The first kappa shape index (κ1) is 4.67. The molecular weight excluding hydrogens is 62.1 g/mol. The maximum Gasteiger partial charge on any atom is 0.0521 e. The highest BCUT2D eigenvalue weighted by atomic mass is 14.3. The van der Waals surface area contributed by atoms with Crippen LogP contribution in [0.3, 0.4) is 0 Å². The van der Waals surface area contributed by atoms with Crippen LogP contribution in [0.4, 0.5) is 0 Å². The van der Waals surface area contributed by atoms with Gasteiger partial charge < -0.3 is 5.41 Å². The first-order valence-electron chi connectivity index (χ1n) is 1.81. The number of hydrogen-bond donors (Lipinski definition) is 1. The molecule has 0 aromatic heterocycles. The maximum absolute atomic E-state index is 6.35. The van der Waals surface area contributed by atoms with E-state index in [1.807, 2.05) is 6.92 Å². The Labute approximate surface area is 32.5 Å². The lowest BCUT2D eigenvalue weighted by Crippen LogP contribution is -1.63. The molecule has 1 nitrogen and oxygen atoms in total. The van der Waals surface area contributed by atoms with Crippen molar-refractivity contribution in [3.8, 4) is 0 Å². The second kappa shape index (κ2) is 3.67. The van der Waals surface area contributed by atoms with Crippen molar-refractivity contribution in [2.75, 3.05) is 0 Å². The summed E-state index contributed by atoms with van der Waals surface area (Å²) in [6.45, 7) is 2.03. The molecule has 5 heavy (non-hydrogen) atoms. The van der Waals surface area contributed by atoms with E-state index in [9.17, 15) is 0 Å². The standard InChI is InChI=1S/C4H8N/c1-2-3-4-5/h5H,2-3H2,1H3. The van der Waals surface area contributed by atoms with Gasteiger partial charge in [-0.1, -0.05) is 13.3 Å². The van der Waals surface area contributed by atoms with Crippen molar-refractivity contribution in [3.63, 3.8) is 0 Å². The van der Waals surface area contributed by atoms with Crippen molar-refractivity contribution in [3.05, 3.63) is 0 Å². The average Bonchev–Trinajstić information content (AvgIpc) is 1.41. The van der Waals surface area contributed by atoms with Crippen molar-refractivity contribution in [2.24, 2.45) is 0 Å².